The number of aromatic nitrogens is 2. The van der Waals surface area contributed by atoms with Crippen LogP contribution in [0.25, 0.3) is 61.0 Å². The number of fused-ring (bicyclic) bond motifs is 4. The average Bonchev–Trinajstić information content (AvgIpc) is 2.83. The Balaban J connectivity index is 0.00000645. The first-order valence-electron chi connectivity index (χ1n) is 27.9. The number of para-hydroxylation sites is 2. The van der Waals surface area contributed by atoms with Crippen molar-refractivity contribution in [2.75, 3.05) is 0 Å². The SMILES string of the molecule is CC(C)(C)c1ccnc(-n2c3[c-]c(Oc4[c-]c([N+]5=C=[N+](c6ccccc6)c6c(-c7c(-c8ccccc8)cccc7-c7ccccc7)cccc65)ccc4)ccc3c3cc([Si](c4ccccc4)(c4ccccc4)c4ccccc4)ccc32)c1.[Pt+2]. The Morgan fingerprint density at radius 3 is 1.61 bits per heavy atom. The molecular formula is C76H56N4OPtSi+2. The molecule has 11 aromatic carbocycles. The molecule has 14 rings (SSSR count). The van der Waals surface area contributed by atoms with E-state index >= 15 is 0 Å². The molecule has 0 radical (unpaired) electrons. The molecule has 0 atom stereocenters. The van der Waals surface area contributed by atoms with Crippen molar-refractivity contribution in [3.05, 3.63) is 303 Å². The summed E-state index contributed by atoms with van der Waals surface area (Å²) in [5, 5.41) is 7.43. The molecule has 0 unspecified atom stereocenters. The molecule has 83 heavy (non-hydrogen) atoms. The molecule has 0 amide bonds. The van der Waals surface area contributed by atoms with E-state index in [1.807, 2.05) is 24.4 Å². The van der Waals surface area contributed by atoms with E-state index in [9.17, 15) is 0 Å². The van der Waals surface area contributed by atoms with Crippen LogP contribution in [-0.4, -0.2) is 23.6 Å². The normalized spacial score (nSPS) is 12.1. The fourth-order valence-electron chi connectivity index (χ4n) is 12.1. The number of rotatable bonds is 12. The minimum absolute atomic E-state index is 0. The quantitative estimate of drug-likeness (QED) is 0.0529. The maximum Gasteiger partial charge on any atom is 2.00 e. The van der Waals surface area contributed by atoms with Crippen molar-refractivity contribution in [1.29, 1.82) is 0 Å². The minimum Gasteiger partial charge on any atom is -0.509 e. The zero-order valence-electron chi connectivity index (χ0n) is 46.1. The van der Waals surface area contributed by atoms with Crippen molar-refractivity contribution in [2.45, 2.75) is 26.2 Å². The Morgan fingerprint density at radius 2 is 1.01 bits per heavy atom. The van der Waals surface area contributed by atoms with Crippen LogP contribution >= 0.6 is 0 Å². The molecule has 0 saturated carbocycles. The molecule has 1 aliphatic heterocycles. The summed E-state index contributed by atoms with van der Waals surface area (Å²) >= 11 is 0. The number of nitrogens with zero attached hydrogens (tertiary/aromatic N) is 4. The van der Waals surface area contributed by atoms with Gasteiger partial charge < -0.3 is 9.30 Å². The van der Waals surface area contributed by atoms with Gasteiger partial charge >= 0.3 is 32.8 Å². The summed E-state index contributed by atoms with van der Waals surface area (Å²) in [7, 11) is -2.86. The predicted octanol–water partition coefficient (Wildman–Crippen LogP) is 16.1. The zero-order chi connectivity index (χ0) is 55.2. The van der Waals surface area contributed by atoms with Crippen molar-refractivity contribution in [3.8, 4) is 50.7 Å². The van der Waals surface area contributed by atoms with E-state index in [1.54, 1.807) is 0 Å². The van der Waals surface area contributed by atoms with Crippen LogP contribution in [0.5, 0.6) is 11.5 Å². The summed E-state index contributed by atoms with van der Waals surface area (Å²) in [6.07, 6.45) is 1.93. The Hall–Kier alpha value is -9.54. The molecule has 7 heteroatoms. The first-order valence-corrected chi connectivity index (χ1v) is 29.9. The van der Waals surface area contributed by atoms with E-state index in [4.69, 9.17) is 9.72 Å². The van der Waals surface area contributed by atoms with Gasteiger partial charge in [-0.2, -0.15) is 12.1 Å². The smallest absolute Gasteiger partial charge is 0.509 e. The van der Waals surface area contributed by atoms with Crippen molar-refractivity contribution >= 4 is 79.4 Å². The summed E-state index contributed by atoms with van der Waals surface area (Å²) in [4.78, 5) is 5.08. The molecule has 0 aliphatic carbocycles. The average molecular weight is 1260 g/mol. The molecule has 5 nitrogen and oxygen atoms in total. The molecule has 3 heterocycles. The molecule has 13 aromatic rings. The maximum atomic E-state index is 6.92. The van der Waals surface area contributed by atoms with Crippen molar-refractivity contribution in [1.82, 2.24) is 18.7 Å². The molecule has 0 saturated heterocycles. The Bertz CT molecular complexity index is 4440. The van der Waals surface area contributed by atoms with Gasteiger partial charge in [0.2, 0.25) is 5.69 Å². The topological polar surface area (TPSA) is 33.1 Å². The molecular weight excluding hydrogens is 1210 g/mol. The summed E-state index contributed by atoms with van der Waals surface area (Å²) in [5.74, 6) is 1.93. The van der Waals surface area contributed by atoms with E-state index < -0.39 is 8.07 Å². The molecule has 0 spiro atoms. The van der Waals surface area contributed by atoms with Crippen LogP contribution in [0.4, 0.5) is 22.7 Å². The summed E-state index contributed by atoms with van der Waals surface area (Å²) < 4.78 is 13.5. The van der Waals surface area contributed by atoms with E-state index in [0.717, 1.165) is 83.8 Å². The summed E-state index contributed by atoms with van der Waals surface area (Å²) in [5.41, 5.74) is 13.6. The van der Waals surface area contributed by atoms with Crippen molar-refractivity contribution in [3.63, 3.8) is 0 Å². The van der Waals surface area contributed by atoms with Gasteiger partial charge in [0, 0.05) is 47.0 Å². The second-order valence-corrected chi connectivity index (χ2v) is 25.7. The van der Waals surface area contributed by atoms with Crippen LogP contribution in [0, 0.1) is 12.1 Å². The molecule has 0 fully saturated rings. The third-order valence-electron chi connectivity index (χ3n) is 16.0. The first kappa shape index (κ1) is 52.8. The van der Waals surface area contributed by atoms with Gasteiger partial charge in [-0.3, -0.25) is 0 Å². The predicted molar refractivity (Wildman–Crippen MR) is 342 cm³/mol. The fraction of sp³-hybridized carbons (Fsp3) is 0.0526. The monoisotopic (exact) mass is 1260 g/mol. The number of ether oxygens (including phenoxy) is 1. The van der Waals surface area contributed by atoms with Gasteiger partial charge in [0.25, 0.3) is 5.69 Å². The summed E-state index contributed by atoms with van der Waals surface area (Å²) in [6, 6.07) is 111. The van der Waals surface area contributed by atoms with Gasteiger partial charge in [-0.15, -0.1) is 23.6 Å². The van der Waals surface area contributed by atoms with Crippen LogP contribution in [0.15, 0.2) is 285 Å². The second kappa shape index (κ2) is 22.1. The van der Waals surface area contributed by atoms with E-state index in [-0.39, 0.29) is 26.5 Å². The van der Waals surface area contributed by atoms with Gasteiger partial charge in [0.15, 0.2) is 8.07 Å². The first-order chi connectivity index (χ1) is 40.3. The van der Waals surface area contributed by atoms with E-state index in [0.29, 0.717) is 11.5 Å². The van der Waals surface area contributed by atoms with Crippen LogP contribution in [-0.2, 0) is 26.5 Å². The van der Waals surface area contributed by atoms with Crippen molar-refractivity contribution < 1.29 is 25.8 Å². The standard InChI is InChI=1S/C76H56N4OSi.Pt/c1-76(2,3)56-47-48-77-73(49-56)80-70-46-44-64(82(61-33-16-7-17-34-61,62-35-18-8-19-36-62)63-37-20-9-21-38-63)52-69(70)67-45-43-60(51-72(67)80)81-59-32-22-31-58(50-59)78-53-79(57-29-14-6-15-30-57)75-68(41-24-42-71(75)78)74-65(54-25-10-4-11-26-54)39-23-40-66(74)55-27-12-5-13-28-55;/h4-49,52H,1-3H3;/q;+2. The zero-order valence-corrected chi connectivity index (χ0v) is 49.4. The number of pyridine rings is 1. The van der Waals surface area contributed by atoms with Gasteiger partial charge in [-0.1, -0.05) is 249 Å². The van der Waals surface area contributed by atoms with Crippen LogP contribution < -0.4 is 34.6 Å². The number of benzene rings is 11. The van der Waals surface area contributed by atoms with Gasteiger partial charge in [0.05, 0.1) is 5.56 Å². The molecule has 1 aliphatic rings. The molecule has 0 N–H and O–H groups in total. The Kier molecular flexibility index (Phi) is 14.0. The molecule has 2 aromatic heterocycles. The van der Waals surface area contributed by atoms with Crippen LogP contribution in [0.1, 0.15) is 26.3 Å². The van der Waals surface area contributed by atoms with Crippen molar-refractivity contribution in [2.24, 2.45) is 0 Å². The largest absolute Gasteiger partial charge is 2.00 e. The molecule has 0 bridgehead atoms. The minimum atomic E-state index is -2.86. The number of hydrogen-bond donors (Lipinski definition) is 0. The van der Waals surface area contributed by atoms with Gasteiger partial charge in [0.1, 0.15) is 11.5 Å². The van der Waals surface area contributed by atoms with Gasteiger partial charge in [-0.25, -0.2) is 4.98 Å². The number of hydrogen-bond acceptors (Lipinski definition) is 2. The van der Waals surface area contributed by atoms with Crippen LogP contribution in [0.2, 0.25) is 0 Å². The van der Waals surface area contributed by atoms with Crippen LogP contribution in [0.3, 0.4) is 0 Å². The third-order valence-corrected chi connectivity index (χ3v) is 20.7. The fourth-order valence-corrected chi connectivity index (χ4v) is 16.9. The van der Waals surface area contributed by atoms with E-state index in [2.05, 4.69) is 313 Å². The van der Waals surface area contributed by atoms with Gasteiger partial charge in [-0.05, 0) is 88.2 Å². The maximum absolute atomic E-state index is 6.92. The van der Waals surface area contributed by atoms with E-state index in [1.165, 1.54) is 26.3 Å². The molecule has 398 valence electrons. The Morgan fingerprint density at radius 1 is 0.470 bits per heavy atom. The second-order valence-electron chi connectivity index (χ2n) is 21.9. The third kappa shape index (κ3) is 9.51. The Labute approximate surface area is 500 Å². The summed E-state index contributed by atoms with van der Waals surface area (Å²) in [6.45, 7) is 6.74.